The van der Waals surface area contributed by atoms with Crippen molar-refractivity contribution in [1.82, 2.24) is 0 Å². The lowest BCUT2D eigenvalue weighted by atomic mass is 10.2. The van der Waals surface area contributed by atoms with Gasteiger partial charge in [-0.05, 0) is 6.42 Å². The molecule has 0 atom stereocenters. The van der Waals surface area contributed by atoms with Gasteiger partial charge in [-0.25, -0.2) is 22.0 Å². The van der Waals surface area contributed by atoms with Crippen LogP contribution in [-0.2, 0) is 4.79 Å². The van der Waals surface area contributed by atoms with Crippen molar-refractivity contribution in [3.63, 3.8) is 0 Å². The molecule has 3 nitrogen and oxygen atoms in total. The second-order valence-corrected chi connectivity index (χ2v) is 3.84. The molecule has 8 heteroatoms. The van der Waals surface area contributed by atoms with Crippen molar-refractivity contribution >= 4 is 11.7 Å². The number of hydrogen-bond donors (Lipinski definition) is 1. The Morgan fingerprint density at radius 1 is 1.00 bits per heavy atom. The van der Waals surface area contributed by atoms with E-state index in [2.05, 4.69) is 0 Å². The molecule has 1 N–H and O–H groups in total. The van der Waals surface area contributed by atoms with E-state index in [0.29, 0.717) is 0 Å². The van der Waals surface area contributed by atoms with E-state index in [4.69, 9.17) is 5.11 Å². The molecule has 0 fully saturated rings. The van der Waals surface area contributed by atoms with Gasteiger partial charge in [0.25, 0.3) is 0 Å². The number of anilines is 1. The van der Waals surface area contributed by atoms with E-state index in [-0.39, 0.29) is 19.4 Å². The Morgan fingerprint density at radius 2 is 1.42 bits per heavy atom. The smallest absolute Gasteiger partial charge is 0.303 e. The van der Waals surface area contributed by atoms with Crippen LogP contribution in [0.2, 0.25) is 0 Å². The van der Waals surface area contributed by atoms with E-state index in [9.17, 15) is 26.7 Å². The number of carboxylic acid groups (broad SMARTS) is 1. The Hall–Kier alpha value is -1.86. The van der Waals surface area contributed by atoms with Gasteiger partial charge in [-0.3, -0.25) is 4.79 Å². The van der Waals surface area contributed by atoms with E-state index in [1.54, 1.807) is 0 Å². The normalized spacial score (nSPS) is 10.6. The molecule has 0 saturated heterocycles. The standard InChI is InChI=1S/C11H10F5NO2/c1-17(4-2-3-5(18)19)11-9(15)7(13)6(12)8(14)10(11)16/h2-4H2,1H3,(H,18,19). The lowest BCUT2D eigenvalue weighted by Gasteiger charge is -2.20. The molecule has 1 aromatic carbocycles. The average Bonchev–Trinajstić information content (AvgIpc) is 2.34. The first-order chi connectivity index (χ1) is 8.77. The highest BCUT2D eigenvalue weighted by Crippen LogP contribution is 2.29. The van der Waals surface area contributed by atoms with Crippen molar-refractivity contribution in [2.75, 3.05) is 18.5 Å². The maximum absolute atomic E-state index is 13.4. The van der Waals surface area contributed by atoms with Crippen LogP contribution in [0.3, 0.4) is 0 Å². The number of nitrogens with zero attached hydrogens (tertiary/aromatic N) is 1. The van der Waals surface area contributed by atoms with Gasteiger partial charge >= 0.3 is 5.97 Å². The maximum atomic E-state index is 13.4. The molecule has 19 heavy (non-hydrogen) atoms. The summed E-state index contributed by atoms with van der Waals surface area (Å²) in [7, 11) is 1.11. The summed E-state index contributed by atoms with van der Waals surface area (Å²) in [6.45, 7) is -0.162. The highest BCUT2D eigenvalue weighted by molar-refractivity contribution is 5.66. The van der Waals surface area contributed by atoms with E-state index in [0.717, 1.165) is 11.9 Å². The molecule has 0 amide bonds. The van der Waals surface area contributed by atoms with Gasteiger partial charge in [0.05, 0.1) is 0 Å². The third kappa shape index (κ3) is 3.12. The van der Waals surface area contributed by atoms with Gasteiger partial charge < -0.3 is 10.0 Å². The summed E-state index contributed by atoms with van der Waals surface area (Å²) in [6, 6.07) is 0. The second kappa shape index (κ2) is 5.85. The molecule has 0 bridgehead atoms. The minimum Gasteiger partial charge on any atom is -0.481 e. The van der Waals surface area contributed by atoms with Gasteiger partial charge in [-0.2, -0.15) is 0 Å². The van der Waals surface area contributed by atoms with E-state index in [1.165, 1.54) is 0 Å². The zero-order chi connectivity index (χ0) is 14.7. The predicted molar refractivity (Wildman–Crippen MR) is 56.4 cm³/mol. The summed E-state index contributed by atoms with van der Waals surface area (Å²) in [4.78, 5) is 11.1. The van der Waals surface area contributed by atoms with Crippen molar-refractivity contribution in [3.05, 3.63) is 29.1 Å². The monoisotopic (exact) mass is 283 g/mol. The molecule has 1 aromatic rings. The van der Waals surface area contributed by atoms with Gasteiger partial charge in [0.2, 0.25) is 5.82 Å². The van der Waals surface area contributed by atoms with E-state index in [1.807, 2.05) is 0 Å². The van der Waals surface area contributed by atoms with Crippen molar-refractivity contribution < 1.29 is 31.9 Å². The summed E-state index contributed by atoms with van der Waals surface area (Å²) >= 11 is 0. The quantitative estimate of drug-likeness (QED) is 0.513. The van der Waals surface area contributed by atoms with Crippen LogP contribution in [0.15, 0.2) is 0 Å². The molecular formula is C11H10F5NO2. The fourth-order valence-corrected chi connectivity index (χ4v) is 1.51. The summed E-state index contributed by atoms with van der Waals surface area (Å²) in [6.07, 6.45) is -0.273. The third-order valence-corrected chi connectivity index (χ3v) is 2.45. The summed E-state index contributed by atoms with van der Waals surface area (Å²) in [5.74, 6) is -11.3. The van der Waals surface area contributed by atoms with Crippen molar-refractivity contribution in [2.45, 2.75) is 12.8 Å². The zero-order valence-corrected chi connectivity index (χ0v) is 9.81. The first kappa shape index (κ1) is 15.2. The molecule has 0 unspecified atom stereocenters. The lowest BCUT2D eigenvalue weighted by Crippen LogP contribution is -2.23. The number of benzene rings is 1. The lowest BCUT2D eigenvalue weighted by molar-refractivity contribution is -0.137. The SMILES string of the molecule is CN(CCCC(=O)O)c1c(F)c(F)c(F)c(F)c1F. The minimum absolute atomic E-state index is 0.00529. The van der Waals surface area contributed by atoms with Gasteiger partial charge in [0, 0.05) is 20.0 Å². The van der Waals surface area contributed by atoms with Crippen LogP contribution in [-0.4, -0.2) is 24.7 Å². The Balaban J connectivity index is 3.03. The Labute approximate surface area is 105 Å². The average molecular weight is 283 g/mol. The molecule has 0 aliphatic rings. The molecule has 1 rings (SSSR count). The number of halogens is 5. The topological polar surface area (TPSA) is 40.5 Å². The van der Waals surface area contributed by atoms with Gasteiger partial charge in [0.15, 0.2) is 23.3 Å². The first-order valence-corrected chi connectivity index (χ1v) is 5.21. The number of aliphatic carboxylic acids is 1. The van der Waals surface area contributed by atoms with E-state index >= 15 is 0 Å². The van der Waals surface area contributed by atoms with Gasteiger partial charge in [-0.15, -0.1) is 0 Å². The van der Waals surface area contributed by atoms with Gasteiger partial charge in [-0.1, -0.05) is 0 Å². The Bertz CT molecular complexity index is 477. The molecule has 106 valence electrons. The molecule has 0 spiro atoms. The number of carboxylic acids is 1. The number of hydrogen-bond acceptors (Lipinski definition) is 2. The fourth-order valence-electron chi connectivity index (χ4n) is 1.51. The molecule has 0 aliphatic heterocycles. The van der Waals surface area contributed by atoms with Crippen molar-refractivity contribution in [1.29, 1.82) is 0 Å². The predicted octanol–water partition coefficient (Wildman–Crippen LogP) is 2.68. The van der Waals surface area contributed by atoms with Crippen LogP contribution >= 0.6 is 0 Å². The van der Waals surface area contributed by atoms with Crippen LogP contribution in [0.25, 0.3) is 0 Å². The number of rotatable bonds is 5. The van der Waals surface area contributed by atoms with Gasteiger partial charge in [0.1, 0.15) is 5.69 Å². The summed E-state index contributed by atoms with van der Waals surface area (Å²) in [5.41, 5.74) is -1.07. The highest BCUT2D eigenvalue weighted by atomic mass is 19.2. The number of carbonyl (C=O) groups is 1. The third-order valence-electron chi connectivity index (χ3n) is 2.45. The first-order valence-electron chi connectivity index (χ1n) is 5.21. The van der Waals surface area contributed by atoms with Crippen LogP contribution in [0.4, 0.5) is 27.6 Å². The highest BCUT2D eigenvalue weighted by Gasteiger charge is 2.27. The molecule has 0 aliphatic carbocycles. The van der Waals surface area contributed by atoms with Crippen molar-refractivity contribution in [3.8, 4) is 0 Å². The van der Waals surface area contributed by atoms with Crippen LogP contribution in [0.1, 0.15) is 12.8 Å². The minimum atomic E-state index is -2.22. The Kier molecular flexibility index (Phi) is 4.68. The summed E-state index contributed by atoms with van der Waals surface area (Å²) in [5, 5.41) is 8.39. The van der Waals surface area contributed by atoms with Crippen LogP contribution in [0, 0.1) is 29.1 Å². The zero-order valence-electron chi connectivity index (χ0n) is 9.81. The van der Waals surface area contributed by atoms with Crippen molar-refractivity contribution in [2.24, 2.45) is 0 Å². The van der Waals surface area contributed by atoms with Crippen LogP contribution < -0.4 is 4.90 Å². The van der Waals surface area contributed by atoms with Crippen LogP contribution in [0.5, 0.6) is 0 Å². The fraction of sp³-hybridized carbons (Fsp3) is 0.364. The molecule has 0 saturated carbocycles. The second-order valence-electron chi connectivity index (χ2n) is 3.84. The molecule has 0 aromatic heterocycles. The molecular weight excluding hydrogens is 273 g/mol. The molecule has 0 heterocycles. The molecule has 0 radical (unpaired) electrons. The van der Waals surface area contributed by atoms with E-state index < -0.39 is 40.7 Å². The summed E-state index contributed by atoms with van der Waals surface area (Å²) < 4.78 is 65.4. The maximum Gasteiger partial charge on any atom is 0.303 e. The largest absolute Gasteiger partial charge is 0.481 e. The Morgan fingerprint density at radius 3 is 1.84 bits per heavy atom.